The maximum absolute atomic E-state index is 12.2. The van der Waals surface area contributed by atoms with Crippen molar-refractivity contribution >= 4 is 38.3 Å². The Morgan fingerprint density at radius 1 is 1.16 bits per heavy atom. The second-order valence-electron chi connectivity index (χ2n) is 4.85. The van der Waals surface area contributed by atoms with Gasteiger partial charge in [0.25, 0.3) is 0 Å². The molecular formula is C15H15BrN2O. The van der Waals surface area contributed by atoms with E-state index in [1.165, 1.54) is 0 Å². The normalized spacial score (nSPS) is 20.0. The number of nitrogens with zero attached hydrogens (tertiary/aromatic N) is 1. The van der Waals surface area contributed by atoms with Crippen LogP contribution in [0.2, 0.25) is 0 Å². The molecule has 1 aliphatic rings. The minimum atomic E-state index is -0.365. The molecule has 98 valence electrons. The predicted molar refractivity (Wildman–Crippen MR) is 81.2 cm³/mol. The summed E-state index contributed by atoms with van der Waals surface area (Å²) < 4.78 is 1.04. The van der Waals surface area contributed by atoms with Crippen molar-refractivity contribution in [3.05, 3.63) is 40.9 Å². The van der Waals surface area contributed by atoms with Crippen LogP contribution in [0.25, 0.3) is 10.8 Å². The summed E-state index contributed by atoms with van der Waals surface area (Å²) in [5, 5.41) is 2.20. The molecule has 1 unspecified atom stereocenters. The molecule has 2 aromatic rings. The molecule has 3 rings (SSSR count). The van der Waals surface area contributed by atoms with Crippen molar-refractivity contribution in [2.75, 3.05) is 11.4 Å². The topological polar surface area (TPSA) is 46.3 Å². The van der Waals surface area contributed by atoms with E-state index >= 15 is 0 Å². The summed E-state index contributed by atoms with van der Waals surface area (Å²) in [6.45, 7) is 0.748. The smallest absolute Gasteiger partial charge is 0.243 e. The van der Waals surface area contributed by atoms with Crippen LogP contribution in [-0.2, 0) is 4.79 Å². The number of rotatable bonds is 1. The first-order valence-corrected chi connectivity index (χ1v) is 7.22. The van der Waals surface area contributed by atoms with Gasteiger partial charge in [-0.1, -0.05) is 40.2 Å². The predicted octanol–water partition coefficient (Wildman–Crippen LogP) is 3.06. The molecule has 4 heteroatoms. The Morgan fingerprint density at radius 2 is 1.89 bits per heavy atom. The van der Waals surface area contributed by atoms with Gasteiger partial charge in [-0.3, -0.25) is 4.79 Å². The fraction of sp³-hybridized carbons (Fsp3) is 0.267. The molecule has 2 N–H and O–H groups in total. The van der Waals surface area contributed by atoms with Crippen molar-refractivity contribution in [1.82, 2.24) is 0 Å². The van der Waals surface area contributed by atoms with Gasteiger partial charge in [0.05, 0.1) is 11.7 Å². The molecule has 1 saturated heterocycles. The van der Waals surface area contributed by atoms with Gasteiger partial charge in [-0.25, -0.2) is 0 Å². The first-order valence-electron chi connectivity index (χ1n) is 6.42. The van der Waals surface area contributed by atoms with Crippen LogP contribution in [-0.4, -0.2) is 18.5 Å². The number of halogens is 1. The van der Waals surface area contributed by atoms with E-state index in [2.05, 4.69) is 22.0 Å². The summed E-state index contributed by atoms with van der Waals surface area (Å²) in [6, 6.07) is 11.7. The van der Waals surface area contributed by atoms with Crippen molar-refractivity contribution in [2.24, 2.45) is 5.73 Å². The molecule has 1 heterocycles. The van der Waals surface area contributed by atoms with E-state index in [1.807, 2.05) is 35.2 Å². The summed E-state index contributed by atoms with van der Waals surface area (Å²) in [7, 11) is 0. The Labute approximate surface area is 120 Å². The highest BCUT2D eigenvalue weighted by Crippen LogP contribution is 2.33. The molecule has 0 bridgehead atoms. The molecule has 19 heavy (non-hydrogen) atoms. The van der Waals surface area contributed by atoms with E-state index in [-0.39, 0.29) is 11.9 Å². The monoisotopic (exact) mass is 318 g/mol. The molecule has 0 radical (unpaired) electrons. The van der Waals surface area contributed by atoms with Gasteiger partial charge in [-0.15, -0.1) is 0 Å². The first-order chi connectivity index (χ1) is 9.18. The fourth-order valence-electron chi connectivity index (χ4n) is 2.62. The molecule has 1 aliphatic heterocycles. The van der Waals surface area contributed by atoms with Crippen LogP contribution in [0.4, 0.5) is 5.69 Å². The number of benzene rings is 2. The van der Waals surface area contributed by atoms with Crippen molar-refractivity contribution in [2.45, 2.75) is 18.9 Å². The third-order valence-electron chi connectivity index (χ3n) is 3.62. The second-order valence-corrected chi connectivity index (χ2v) is 5.71. The van der Waals surface area contributed by atoms with Crippen LogP contribution >= 0.6 is 15.9 Å². The summed E-state index contributed by atoms with van der Waals surface area (Å²) in [5.74, 6) is 0.0266. The van der Waals surface area contributed by atoms with E-state index in [0.29, 0.717) is 0 Å². The number of piperidine rings is 1. The largest absolute Gasteiger partial charge is 0.320 e. The van der Waals surface area contributed by atoms with E-state index in [4.69, 9.17) is 5.73 Å². The Balaban J connectivity index is 2.15. The molecule has 0 saturated carbocycles. The number of hydrogen-bond donors (Lipinski definition) is 1. The van der Waals surface area contributed by atoms with Gasteiger partial charge < -0.3 is 10.6 Å². The molecule has 1 amide bonds. The number of nitrogens with two attached hydrogens (primary N) is 1. The lowest BCUT2D eigenvalue weighted by Crippen LogP contribution is -2.48. The zero-order valence-electron chi connectivity index (χ0n) is 10.5. The quantitative estimate of drug-likeness (QED) is 0.878. The molecule has 0 aromatic heterocycles. The van der Waals surface area contributed by atoms with Crippen LogP contribution < -0.4 is 10.6 Å². The van der Waals surface area contributed by atoms with Crippen LogP contribution in [0, 0.1) is 0 Å². The lowest BCUT2D eigenvalue weighted by Gasteiger charge is -2.31. The van der Waals surface area contributed by atoms with Crippen molar-refractivity contribution in [1.29, 1.82) is 0 Å². The maximum atomic E-state index is 12.2. The lowest BCUT2D eigenvalue weighted by molar-refractivity contribution is -0.120. The van der Waals surface area contributed by atoms with Crippen LogP contribution in [0.1, 0.15) is 12.8 Å². The number of hydrogen-bond acceptors (Lipinski definition) is 2. The zero-order chi connectivity index (χ0) is 13.4. The van der Waals surface area contributed by atoms with Gasteiger partial charge in [0.2, 0.25) is 5.91 Å². The standard InChI is InChI=1S/C15H15BrN2O/c16-12-7-8-14(11-5-2-1-4-10(11)12)18-9-3-6-13(17)15(18)19/h1-2,4-5,7-8,13H,3,6,9,17H2. The minimum absolute atomic E-state index is 0.0266. The number of amides is 1. The first kappa shape index (κ1) is 12.6. The second kappa shape index (κ2) is 4.94. The summed E-state index contributed by atoms with van der Waals surface area (Å²) >= 11 is 3.55. The summed E-state index contributed by atoms with van der Waals surface area (Å²) in [5.41, 5.74) is 6.84. The Hall–Kier alpha value is -1.39. The highest BCUT2D eigenvalue weighted by molar-refractivity contribution is 9.10. The Bertz CT molecular complexity index is 641. The molecule has 2 aromatic carbocycles. The SMILES string of the molecule is NC1CCCN(c2ccc(Br)c3ccccc23)C1=O. The summed E-state index contributed by atoms with van der Waals surface area (Å²) in [6.07, 6.45) is 1.74. The van der Waals surface area contributed by atoms with Gasteiger partial charge in [-0.05, 0) is 30.4 Å². The Kier molecular flexibility index (Phi) is 3.29. The van der Waals surface area contributed by atoms with Gasteiger partial charge in [0.1, 0.15) is 0 Å². The summed E-state index contributed by atoms with van der Waals surface area (Å²) in [4.78, 5) is 14.1. The van der Waals surface area contributed by atoms with Gasteiger partial charge in [0, 0.05) is 16.4 Å². The molecule has 0 spiro atoms. The van der Waals surface area contributed by atoms with Crippen molar-refractivity contribution in [3.63, 3.8) is 0 Å². The van der Waals surface area contributed by atoms with Crippen LogP contribution in [0.3, 0.4) is 0 Å². The van der Waals surface area contributed by atoms with E-state index in [1.54, 1.807) is 0 Å². The molecule has 0 aliphatic carbocycles. The third kappa shape index (κ3) is 2.15. The van der Waals surface area contributed by atoms with E-state index < -0.39 is 0 Å². The number of carbonyl (C=O) groups excluding carboxylic acids is 1. The van der Waals surface area contributed by atoms with Gasteiger partial charge in [-0.2, -0.15) is 0 Å². The maximum Gasteiger partial charge on any atom is 0.243 e. The third-order valence-corrected chi connectivity index (χ3v) is 4.31. The molecule has 3 nitrogen and oxygen atoms in total. The van der Waals surface area contributed by atoms with E-state index in [9.17, 15) is 4.79 Å². The number of anilines is 1. The van der Waals surface area contributed by atoms with Gasteiger partial charge in [0.15, 0.2) is 0 Å². The lowest BCUT2D eigenvalue weighted by atomic mass is 10.0. The average molecular weight is 319 g/mol. The van der Waals surface area contributed by atoms with Gasteiger partial charge >= 0.3 is 0 Å². The molecule has 1 fully saturated rings. The van der Waals surface area contributed by atoms with Crippen LogP contribution in [0.15, 0.2) is 40.9 Å². The average Bonchev–Trinajstić information content (AvgIpc) is 2.43. The van der Waals surface area contributed by atoms with Crippen molar-refractivity contribution < 1.29 is 4.79 Å². The molecule has 1 atom stereocenters. The fourth-order valence-corrected chi connectivity index (χ4v) is 3.10. The highest BCUT2D eigenvalue weighted by atomic mass is 79.9. The van der Waals surface area contributed by atoms with Crippen molar-refractivity contribution in [3.8, 4) is 0 Å². The van der Waals surface area contributed by atoms with E-state index in [0.717, 1.165) is 40.3 Å². The number of fused-ring (bicyclic) bond motifs is 1. The number of carbonyl (C=O) groups is 1. The highest BCUT2D eigenvalue weighted by Gasteiger charge is 2.27. The minimum Gasteiger partial charge on any atom is -0.320 e. The zero-order valence-corrected chi connectivity index (χ0v) is 12.1. The molecular weight excluding hydrogens is 304 g/mol. The van der Waals surface area contributed by atoms with Crippen LogP contribution in [0.5, 0.6) is 0 Å². The Morgan fingerprint density at radius 3 is 2.68 bits per heavy atom.